The highest BCUT2D eigenvalue weighted by Crippen LogP contribution is 2.20. The van der Waals surface area contributed by atoms with E-state index in [1.807, 2.05) is 62.8 Å². The normalized spacial score (nSPS) is 10.7. The summed E-state index contributed by atoms with van der Waals surface area (Å²) in [6.45, 7) is 6.02. The molecule has 0 saturated carbocycles. The molecule has 0 fully saturated rings. The van der Waals surface area contributed by atoms with Crippen LogP contribution in [0.25, 0.3) is 5.69 Å². The molecule has 0 spiro atoms. The molecule has 0 atom stereocenters. The third-order valence-electron chi connectivity index (χ3n) is 2.54. The summed E-state index contributed by atoms with van der Waals surface area (Å²) in [6.07, 6.45) is 2.20. The molecule has 1 aromatic carbocycles. The Morgan fingerprint density at radius 2 is 1.89 bits per heavy atom. The van der Waals surface area contributed by atoms with Crippen LogP contribution in [-0.2, 0) is 0 Å². The van der Waals surface area contributed by atoms with Crippen LogP contribution in [0.5, 0.6) is 5.75 Å². The molecular weight excluding hydrogens is 226 g/mol. The van der Waals surface area contributed by atoms with Crippen LogP contribution in [0.15, 0.2) is 30.5 Å². The van der Waals surface area contributed by atoms with E-state index in [0.717, 1.165) is 23.1 Å². The second kappa shape index (κ2) is 5.12. The fourth-order valence-electron chi connectivity index (χ4n) is 1.83. The van der Waals surface area contributed by atoms with Crippen LogP contribution in [0.3, 0.4) is 0 Å². The molecule has 4 heteroatoms. The Hall–Kier alpha value is -1.97. The number of rotatable bonds is 4. The van der Waals surface area contributed by atoms with Crippen molar-refractivity contribution >= 4 is 5.95 Å². The molecule has 1 heterocycles. The first-order valence-corrected chi connectivity index (χ1v) is 6.11. The van der Waals surface area contributed by atoms with Gasteiger partial charge in [0.2, 0.25) is 5.95 Å². The standard InChI is InChI=1S/C14H19N3O/c1-10(2)18-13-7-5-12(6-8-13)17-9-11(3)16-14(17)15-4/h5-10H,1-4H3,(H,15,16). The first-order chi connectivity index (χ1) is 8.60. The molecule has 2 aromatic rings. The van der Waals surface area contributed by atoms with Gasteiger partial charge in [-0.25, -0.2) is 4.98 Å². The number of anilines is 1. The molecule has 96 valence electrons. The van der Waals surface area contributed by atoms with E-state index in [1.165, 1.54) is 0 Å². The van der Waals surface area contributed by atoms with Crippen LogP contribution < -0.4 is 10.1 Å². The Labute approximate surface area is 108 Å². The summed E-state index contributed by atoms with van der Waals surface area (Å²) >= 11 is 0. The minimum absolute atomic E-state index is 0.194. The zero-order valence-electron chi connectivity index (χ0n) is 11.3. The van der Waals surface area contributed by atoms with E-state index in [0.29, 0.717) is 0 Å². The van der Waals surface area contributed by atoms with Crippen molar-refractivity contribution in [2.24, 2.45) is 0 Å². The molecule has 0 aliphatic rings. The van der Waals surface area contributed by atoms with E-state index in [4.69, 9.17) is 4.74 Å². The lowest BCUT2D eigenvalue weighted by Gasteiger charge is -2.11. The van der Waals surface area contributed by atoms with Gasteiger partial charge in [-0.2, -0.15) is 0 Å². The number of nitrogens with zero attached hydrogens (tertiary/aromatic N) is 2. The van der Waals surface area contributed by atoms with Gasteiger partial charge in [0.25, 0.3) is 0 Å². The predicted molar refractivity (Wildman–Crippen MR) is 73.6 cm³/mol. The average Bonchev–Trinajstić information content (AvgIpc) is 2.71. The van der Waals surface area contributed by atoms with Crippen molar-refractivity contribution in [2.75, 3.05) is 12.4 Å². The van der Waals surface area contributed by atoms with Crippen molar-refractivity contribution in [3.05, 3.63) is 36.2 Å². The summed E-state index contributed by atoms with van der Waals surface area (Å²) < 4.78 is 7.65. The number of ether oxygens (including phenoxy) is 1. The second-order valence-corrected chi connectivity index (χ2v) is 4.49. The minimum Gasteiger partial charge on any atom is -0.491 e. The Morgan fingerprint density at radius 1 is 1.22 bits per heavy atom. The molecule has 0 bridgehead atoms. The number of benzene rings is 1. The lowest BCUT2D eigenvalue weighted by molar-refractivity contribution is 0.242. The van der Waals surface area contributed by atoms with Gasteiger partial charge in [0, 0.05) is 18.9 Å². The van der Waals surface area contributed by atoms with Crippen molar-refractivity contribution in [2.45, 2.75) is 26.9 Å². The molecule has 0 unspecified atom stereocenters. The van der Waals surface area contributed by atoms with E-state index in [1.54, 1.807) is 0 Å². The minimum atomic E-state index is 0.194. The zero-order chi connectivity index (χ0) is 13.1. The summed E-state index contributed by atoms with van der Waals surface area (Å²) in [5, 5.41) is 3.08. The number of imidazole rings is 1. The van der Waals surface area contributed by atoms with E-state index >= 15 is 0 Å². The van der Waals surface area contributed by atoms with E-state index in [2.05, 4.69) is 10.3 Å². The lowest BCUT2D eigenvalue weighted by Crippen LogP contribution is -2.05. The molecule has 0 amide bonds. The summed E-state index contributed by atoms with van der Waals surface area (Å²) in [5.74, 6) is 1.72. The van der Waals surface area contributed by atoms with Crippen LogP contribution in [-0.4, -0.2) is 22.7 Å². The first-order valence-electron chi connectivity index (χ1n) is 6.11. The van der Waals surface area contributed by atoms with Crippen LogP contribution in [0, 0.1) is 6.92 Å². The van der Waals surface area contributed by atoms with Gasteiger partial charge in [-0.15, -0.1) is 0 Å². The largest absolute Gasteiger partial charge is 0.491 e. The van der Waals surface area contributed by atoms with E-state index < -0.39 is 0 Å². The highest BCUT2D eigenvalue weighted by atomic mass is 16.5. The van der Waals surface area contributed by atoms with Gasteiger partial charge in [-0.05, 0) is 45.0 Å². The zero-order valence-corrected chi connectivity index (χ0v) is 11.3. The molecule has 0 saturated heterocycles. The average molecular weight is 245 g/mol. The molecular formula is C14H19N3O. The van der Waals surface area contributed by atoms with Gasteiger partial charge in [0.15, 0.2) is 0 Å². The molecule has 18 heavy (non-hydrogen) atoms. The van der Waals surface area contributed by atoms with Gasteiger partial charge < -0.3 is 10.1 Å². The Bertz CT molecular complexity index is 514. The number of hydrogen-bond acceptors (Lipinski definition) is 3. The monoisotopic (exact) mass is 245 g/mol. The third-order valence-corrected chi connectivity index (χ3v) is 2.54. The van der Waals surface area contributed by atoms with Gasteiger partial charge in [-0.3, -0.25) is 4.57 Å². The van der Waals surface area contributed by atoms with Crippen molar-refractivity contribution in [3.63, 3.8) is 0 Å². The third kappa shape index (κ3) is 2.64. The van der Waals surface area contributed by atoms with Crippen molar-refractivity contribution in [1.82, 2.24) is 9.55 Å². The van der Waals surface area contributed by atoms with Gasteiger partial charge in [-0.1, -0.05) is 0 Å². The number of aryl methyl sites for hydroxylation is 1. The lowest BCUT2D eigenvalue weighted by atomic mass is 10.3. The SMILES string of the molecule is CNc1nc(C)cn1-c1ccc(OC(C)C)cc1. The number of aromatic nitrogens is 2. The van der Waals surface area contributed by atoms with E-state index in [9.17, 15) is 0 Å². The molecule has 1 N–H and O–H groups in total. The Morgan fingerprint density at radius 3 is 2.44 bits per heavy atom. The molecule has 0 aliphatic heterocycles. The highest BCUT2D eigenvalue weighted by molar-refractivity contribution is 5.44. The topological polar surface area (TPSA) is 39.1 Å². The molecule has 2 rings (SSSR count). The maximum atomic E-state index is 5.63. The van der Waals surface area contributed by atoms with Crippen LogP contribution in [0.2, 0.25) is 0 Å². The Balaban J connectivity index is 2.28. The maximum absolute atomic E-state index is 5.63. The fourth-order valence-corrected chi connectivity index (χ4v) is 1.83. The van der Waals surface area contributed by atoms with E-state index in [-0.39, 0.29) is 6.10 Å². The molecule has 1 aromatic heterocycles. The maximum Gasteiger partial charge on any atom is 0.207 e. The van der Waals surface area contributed by atoms with Gasteiger partial charge in [0.1, 0.15) is 5.75 Å². The first kappa shape index (κ1) is 12.5. The van der Waals surface area contributed by atoms with Gasteiger partial charge >= 0.3 is 0 Å². The second-order valence-electron chi connectivity index (χ2n) is 4.49. The Kier molecular flexibility index (Phi) is 3.55. The number of hydrogen-bond donors (Lipinski definition) is 1. The number of nitrogens with one attached hydrogen (secondary N) is 1. The highest BCUT2D eigenvalue weighted by Gasteiger charge is 2.06. The summed E-state index contributed by atoms with van der Waals surface area (Å²) in [7, 11) is 1.87. The van der Waals surface area contributed by atoms with Crippen LogP contribution >= 0.6 is 0 Å². The predicted octanol–water partition coefficient (Wildman–Crippen LogP) is 3.01. The van der Waals surface area contributed by atoms with Crippen LogP contribution in [0.4, 0.5) is 5.95 Å². The smallest absolute Gasteiger partial charge is 0.207 e. The molecule has 4 nitrogen and oxygen atoms in total. The molecule has 0 aliphatic carbocycles. The quantitative estimate of drug-likeness (QED) is 0.900. The van der Waals surface area contributed by atoms with Crippen LogP contribution in [0.1, 0.15) is 19.5 Å². The molecule has 0 radical (unpaired) electrons. The van der Waals surface area contributed by atoms with Crippen molar-refractivity contribution in [1.29, 1.82) is 0 Å². The van der Waals surface area contributed by atoms with Crippen molar-refractivity contribution < 1.29 is 4.74 Å². The summed E-state index contributed by atoms with van der Waals surface area (Å²) in [4.78, 5) is 4.40. The fraction of sp³-hybridized carbons (Fsp3) is 0.357. The van der Waals surface area contributed by atoms with Gasteiger partial charge in [0.05, 0.1) is 11.8 Å². The summed E-state index contributed by atoms with van der Waals surface area (Å²) in [5.41, 5.74) is 2.05. The van der Waals surface area contributed by atoms with Crippen molar-refractivity contribution in [3.8, 4) is 11.4 Å². The summed E-state index contributed by atoms with van der Waals surface area (Å²) in [6, 6.07) is 8.01.